The lowest BCUT2D eigenvalue weighted by molar-refractivity contribution is -0.126. The summed E-state index contributed by atoms with van der Waals surface area (Å²) in [6.45, 7) is 12.0. The predicted molar refractivity (Wildman–Crippen MR) is 149 cm³/mol. The minimum Gasteiger partial charge on any atom is -0.507 e. The zero-order valence-electron chi connectivity index (χ0n) is 22.5. The van der Waals surface area contributed by atoms with Gasteiger partial charge in [0.15, 0.2) is 0 Å². The molecule has 6 heteroatoms. The van der Waals surface area contributed by atoms with E-state index in [1.807, 2.05) is 114 Å². The average molecular weight is 500 g/mol. The molecule has 3 aromatic rings. The zero-order chi connectivity index (χ0) is 27.2. The molecule has 0 saturated heterocycles. The van der Waals surface area contributed by atoms with Gasteiger partial charge in [0.1, 0.15) is 5.75 Å². The molecule has 3 rings (SSSR count). The first-order chi connectivity index (χ1) is 17.4. The smallest absolute Gasteiger partial charge is 0.259 e. The first kappa shape index (κ1) is 27.7. The van der Waals surface area contributed by atoms with Crippen molar-refractivity contribution in [2.75, 3.05) is 6.54 Å². The Morgan fingerprint density at radius 1 is 0.838 bits per heavy atom. The number of phenols is 1. The van der Waals surface area contributed by atoms with Crippen LogP contribution >= 0.6 is 0 Å². The minimum atomic E-state index is -0.526. The largest absolute Gasteiger partial charge is 0.507 e. The van der Waals surface area contributed by atoms with Crippen LogP contribution in [0.15, 0.2) is 77.9 Å². The van der Waals surface area contributed by atoms with Crippen LogP contribution in [0.1, 0.15) is 75.3 Å². The van der Waals surface area contributed by atoms with Crippen molar-refractivity contribution in [1.82, 2.24) is 10.7 Å². The molecule has 3 aromatic carbocycles. The molecule has 2 amide bonds. The summed E-state index contributed by atoms with van der Waals surface area (Å²) in [6, 6.07) is 22.7. The minimum absolute atomic E-state index is 0.206. The highest BCUT2D eigenvalue weighted by molar-refractivity contribution is 5.91. The summed E-state index contributed by atoms with van der Waals surface area (Å²) >= 11 is 0. The van der Waals surface area contributed by atoms with Crippen molar-refractivity contribution in [2.45, 2.75) is 58.3 Å². The lowest BCUT2D eigenvalue weighted by Crippen LogP contribution is -2.37. The molecule has 194 valence electrons. The van der Waals surface area contributed by atoms with Gasteiger partial charge in [-0.25, -0.2) is 5.43 Å². The molecule has 0 aromatic heterocycles. The number of hydrazone groups is 1. The topological polar surface area (TPSA) is 90.8 Å². The lowest BCUT2D eigenvalue weighted by Gasteiger charge is -2.27. The number of nitrogens with one attached hydrogen (secondary N) is 2. The van der Waals surface area contributed by atoms with Crippen molar-refractivity contribution in [3.8, 4) is 5.75 Å². The van der Waals surface area contributed by atoms with Gasteiger partial charge >= 0.3 is 0 Å². The van der Waals surface area contributed by atoms with Crippen molar-refractivity contribution >= 4 is 18.0 Å². The number of aromatic hydroxyl groups is 1. The summed E-state index contributed by atoms with van der Waals surface area (Å²) in [5.41, 5.74) is 6.04. The van der Waals surface area contributed by atoms with E-state index in [-0.39, 0.29) is 29.0 Å². The van der Waals surface area contributed by atoms with Gasteiger partial charge in [0, 0.05) is 11.1 Å². The molecule has 0 saturated carbocycles. The lowest BCUT2D eigenvalue weighted by atomic mass is 9.78. The molecular formula is C31H37N3O3. The standard InChI is InChI=1S/C31H37N3O3/c1-30(2,3)24-17-21(18-25(28(24)36)31(4,5)6)19-33-34-26(35)20-32-29(37)27(22-13-9-7-10-14-22)23-15-11-8-12-16-23/h7-19,27,36H,20H2,1-6H3,(H,32,37)(H,34,35)/b33-19-. The van der Waals surface area contributed by atoms with Gasteiger partial charge in [-0.3, -0.25) is 9.59 Å². The second-order valence-electron chi connectivity index (χ2n) is 11.2. The molecule has 0 atom stereocenters. The van der Waals surface area contributed by atoms with Crippen molar-refractivity contribution in [3.63, 3.8) is 0 Å². The molecule has 0 aliphatic heterocycles. The van der Waals surface area contributed by atoms with E-state index in [9.17, 15) is 14.7 Å². The Hall–Kier alpha value is -3.93. The predicted octanol–water partition coefficient (Wildman–Crippen LogP) is 5.39. The van der Waals surface area contributed by atoms with Crippen LogP contribution in [0, 0.1) is 0 Å². The van der Waals surface area contributed by atoms with Crippen molar-refractivity contribution in [3.05, 3.63) is 101 Å². The number of rotatable bonds is 7. The van der Waals surface area contributed by atoms with E-state index in [2.05, 4.69) is 15.8 Å². The molecule has 0 fully saturated rings. The van der Waals surface area contributed by atoms with Gasteiger partial charge in [0.05, 0.1) is 18.7 Å². The van der Waals surface area contributed by atoms with Gasteiger partial charge in [-0.05, 0) is 39.7 Å². The van der Waals surface area contributed by atoms with Crippen LogP contribution in [-0.2, 0) is 20.4 Å². The highest BCUT2D eigenvalue weighted by Gasteiger charge is 2.26. The van der Waals surface area contributed by atoms with E-state index in [1.54, 1.807) is 6.21 Å². The van der Waals surface area contributed by atoms with E-state index in [1.165, 1.54) is 0 Å². The van der Waals surface area contributed by atoms with E-state index in [4.69, 9.17) is 0 Å². The fourth-order valence-corrected chi connectivity index (χ4v) is 4.15. The van der Waals surface area contributed by atoms with Crippen LogP contribution < -0.4 is 10.7 Å². The van der Waals surface area contributed by atoms with Crippen LogP contribution in [0.4, 0.5) is 0 Å². The molecule has 0 unspecified atom stereocenters. The number of nitrogens with zero attached hydrogens (tertiary/aromatic N) is 1. The van der Waals surface area contributed by atoms with Gasteiger partial charge < -0.3 is 10.4 Å². The summed E-state index contributed by atoms with van der Waals surface area (Å²) in [6.07, 6.45) is 1.56. The van der Waals surface area contributed by atoms with E-state index in [0.717, 1.165) is 27.8 Å². The number of amides is 2. The Labute approximate surface area is 219 Å². The average Bonchev–Trinajstić information content (AvgIpc) is 2.83. The van der Waals surface area contributed by atoms with Gasteiger partial charge in [-0.15, -0.1) is 0 Å². The highest BCUT2D eigenvalue weighted by Crippen LogP contribution is 2.39. The van der Waals surface area contributed by atoms with E-state index >= 15 is 0 Å². The Kier molecular flexibility index (Phi) is 8.53. The molecule has 0 bridgehead atoms. The van der Waals surface area contributed by atoms with E-state index < -0.39 is 11.8 Å². The van der Waals surface area contributed by atoms with Crippen LogP contribution in [0.3, 0.4) is 0 Å². The fraction of sp³-hybridized carbons (Fsp3) is 0.323. The molecule has 3 N–H and O–H groups in total. The van der Waals surface area contributed by atoms with Crippen LogP contribution in [-0.4, -0.2) is 29.7 Å². The SMILES string of the molecule is CC(C)(C)c1cc(/C=N\NC(=O)CNC(=O)C(c2ccccc2)c2ccccc2)cc(C(C)(C)C)c1O. The van der Waals surface area contributed by atoms with Crippen LogP contribution in [0.5, 0.6) is 5.75 Å². The first-order valence-electron chi connectivity index (χ1n) is 12.5. The number of benzene rings is 3. The summed E-state index contributed by atoms with van der Waals surface area (Å²) in [5.74, 6) is -0.937. The quantitative estimate of drug-likeness (QED) is 0.301. The zero-order valence-corrected chi connectivity index (χ0v) is 22.5. The molecule has 0 heterocycles. The molecule has 0 spiro atoms. The molecule has 0 aliphatic rings. The summed E-state index contributed by atoms with van der Waals surface area (Å²) in [7, 11) is 0. The summed E-state index contributed by atoms with van der Waals surface area (Å²) in [5, 5.41) is 17.7. The van der Waals surface area contributed by atoms with Gasteiger partial charge in [-0.2, -0.15) is 5.10 Å². The van der Waals surface area contributed by atoms with Crippen molar-refractivity contribution in [2.24, 2.45) is 5.10 Å². The number of phenolic OH excluding ortho intramolecular Hbond substituents is 1. The van der Waals surface area contributed by atoms with Gasteiger partial charge in [0.25, 0.3) is 5.91 Å². The Morgan fingerprint density at radius 3 is 1.73 bits per heavy atom. The Balaban J connectivity index is 1.70. The van der Waals surface area contributed by atoms with Crippen molar-refractivity contribution < 1.29 is 14.7 Å². The maximum Gasteiger partial charge on any atom is 0.259 e. The number of carbonyl (C=O) groups excluding carboxylic acids is 2. The number of hydrogen-bond donors (Lipinski definition) is 3. The third-order valence-corrected chi connectivity index (χ3v) is 6.10. The highest BCUT2D eigenvalue weighted by atomic mass is 16.3. The van der Waals surface area contributed by atoms with Gasteiger partial charge in [-0.1, -0.05) is 102 Å². The normalized spacial score (nSPS) is 12.1. The molecule has 6 nitrogen and oxygen atoms in total. The van der Waals surface area contributed by atoms with Crippen LogP contribution in [0.2, 0.25) is 0 Å². The summed E-state index contributed by atoms with van der Waals surface area (Å²) in [4.78, 5) is 25.5. The Bertz CT molecular complexity index is 1180. The number of hydrogen-bond acceptors (Lipinski definition) is 4. The second kappa shape index (κ2) is 11.4. The van der Waals surface area contributed by atoms with E-state index in [0.29, 0.717) is 0 Å². The monoisotopic (exact) mass is 499 g/mol. The third kappa shape index (κ3) is 7.29. The molecule has 37 heavy (non-hydrogen) atoms. The molecule has 0 aliphatic carbocycles. The van der Waals surface area contributed by atoms with Gasteiger partial charge in [0.2, 0.25) is 5.91 Å². The third-order valence-electron chi connectivity index (χ3n) is 6.10. The Morgan fingerprint density at radius 2 is 1.30 bits per heavy atom. The second-order valence-corrected chi connectivity index (χ2v) is 11.2. The first-order valence-corrected chi connectivity index (χ1v) is 12.5. The molecule has 0 radical (unpaired) electrons. The maximum atomic E-state index is 13.1. The fourth-order valence-electron chi connectivity index (χ4n) is 4.15. The number of carbonyl (C=O) groups is 2. The van der Waals surface area contributed by atoms with Crippen molar-refractivity contribution in [1.29, 1.82) is 0 Å². The molecular weight excluding hydrogens is 462 g/mol. The maximum absolute atomic E-state index is 13.1. The van der Waals surface area contributed by atoms with Crippen LogP contribution in [0.25, 0.3) is 0 Å². The summed E-state index contributed by atoms with van der Waals surface area (Å²) < 4.78 is 0.